The lowest BCUT2D eigenvalue weighted by atomic mass is 10.2. The number of para-hydroxylation sites is 2. The van der Waals surface area contributed by atoms with E-state index in [2.05, 4.69) is 5.16 Å². The highest BCUT2D eigenvalue weighted by atomic mass is 16.5. The first kappa shape index (κ1) is 19.3. The van der Waals surface area contributed by atoms with Crippen LogP contribution in [-0.2, 0) is 6.61 Å². The molecule has 146 valence electrons. The molecule has 0 aliphatic rings. The van der Waals surface area contributed by atoms with Crippen LogP contribution in [0.1, 0.15) is 21.8 Å². The fourth-order valence-electron chi connectivity index (χ4n) is 2.81. The Labute approximate surface area is 163 Å². The van der Waals surface area contributed by atoms with Crippen LogP contribution < -0.4 is 19.1 Å². The molecule has 0 N–H and O–H groups in total. The Morgan fingerprint density at radius 1 is 1.07 bits per heavy atom. The number of anilines is 1. The van der Waals surface area contributed by atoms with E-state index in [1.54, 1.807) is 50.4 Å². The van der Waals surface area contributed by atoms with Crippen LogP contribution in [0.25, 0.3) is 0 Å². The van der Waals surface area contributed by atoms with Crippen LogP contribution in [0, 0.1) is 6.92 Å². The van der Waals surface area contributed by atoms with Gasteiger partial charge in [-0.05, 0) is 30.7 Å². The van der Waals surface area contributed by atoms with Crippen LogP contribution in [0.4, 0.5) is 5.69 Å². The first-order chi connectivity index (χ1) is 13.5. The Morgan fingerprint density at radius 3 is 2.39 bits per heavy atom. The van der Waals surface area contributed by atoms with Gasteiger partial charge in [0, 0.05) is 18.8 Å². The number of benzene rings is 2. The Bertz CT molecular complexity index is 945. The van der Waals surface area contributed by atoms with Gasteiger partial charge in [-0.25, -0.2) is 0 Å². The minimum absolute atomic E-state index is 0.0745. The van der Waals surface area contributed by atoms with Gasteiger partial charge in [-0.2, -0.15) is 0 Å². The van der Waals surface area contributed by atoms with Gasteiger partial charge in [0.15, 0.2) is 23.0 Å². The van der Waals surface area contributed by atoms with Crippen molar-refractivity contribution in [2.24, 2.45) is 0 Å². The zero-order valence-electron chi connectivity index (χ0n) is 16.3. The molecule has 0 saturated carbocycles. The molecule has 0 saturated heterocycles. The molecule has 0 aliphatic carbocycles. The number of ether oxygens (including phenoxy) is 3. The van der Waals surface area contributed by atoms with Gasteiger partial charge in [-0.1, -0.05) is 29.4 Å². The standard InChI is InChI=1S/C21H22N2O5/c1-14-8-5-6-9-17(14)23(2)21(24)16-12-15(28-22-16)13-27-20-18(25-3)10-7-11-19(20)26-4/h5-12H,13H2,1-4H3. The molecule has 7 heteroatoms. The normalized spacial score (nSPS) is 10.4. The second-order valence-electron chi connectivity index (χ2n) is 6.11. The molecule has 0 fully saturated rings. The van der Waals surface area contributed by atoms with Crippen LogP contribution in [0.3, 0.4) is 0 Å². The van der Waals surface area contributed by atoms with Crippen LogP contribution >= 0.6 is 0 Å². The van der Waals surface area contributed by atoms with Crippen LogP contribution in [0.2, 0.25) is 0 Å². The molecule has 3 aromatic rings. The van der Waals surface area contributed by atoms with Crippen molar-refractivity contribution in [2.45, 2.75) is 13.5 Å². The number of rotatable bonds is 7. The molecular weight excluding hydrogens is 360 g/mol. The summed E-state index contributed by atoms with van der Waals surface area (Å²) >= 11 is 0. The summed E-state index contributed by atoms with van der Waals surface area (Å²) in [7, 11) is 4.80. The summed E-state index contributed by atoms with van der Waals surface area (Å²) in [5.74, 6) is 1.67. The van der Waals surface area contributed by atoms with E-state index in [1.165, 1.54) is 0 Å². The molecule has 0 aliphatic heterocycles. The summed E-state index contributed by atoms with van der Waals surface area (Å²) in [4.78, 5) is 14.3. The third-order valence-corrected chi connectivity index (χ3v) is 4.30. The number of aromatic nitrogens is 1. The average molecular weight is 382 g/mol. The highest BCUT2D eigenvalue weighted by molar-refractivity contribution is 6.04. The third kappa shape index (κ3) is 3.93. The lowest BCUT2D eigenvalue weighted by Crippen LogP contribution is -2.27. The maximum absolute atomic E-state index is 12.7. The first-order valence-electron chi connectivity index (χ1n) is 8.68. The SMILES string of the molecule is COc1cccc(OC)c1OCc1cc(C(=O)N(C)c2ccccc2C)no1. The number of methoxy groups -OCH3 is 2. The van der Waals surface area contributed by atoms with Crippen molar-refractivity contribution in [3.05, 3.63) is 65.5 Å². The van der Waals surface area contributed by atoms with E-state index in [1.807, 2.05) is 31.2 Å². The quantitative estimate of drug-likeness (QED) is 0.618. The largest absolute Gasteiger partial charge is 0.493 e. The number of carbonyl (C=O) groups is 1. The third-order valence-electron chi connectivity index (χ3n) is 4.30. The molecule has 0 spiro atoms. The van der Waals surface area contributed by atoms with Crippen molar-refractivity contribution in [2.75, 3.05) is 26.2 Å². The van der Waals surface area contributed by atoms with Crippen LogP contribution in [-0.4, -0.2) is 32.3 Å². The zero-order chi connectivity index (χ0) is 20.1. The Kier molecular flexibility index (Phi) is 5.84. The molecule has 1 amide bonds. The molecule has 28 heavy (non-hydrogen) atoms. The van der Waals surface area contributed by atoms with Crippen molar-refractivity contribution in [1.29, 1.82) is 0 Å². The second-order valence-corrected chi connectivity index (χ2v) is 6.11. The fourth-order valence-corrected chi connectivity index (χ4v) is 2.81. The first-order valence-corrected chi connectivity index (χ1v) is 8.68. The molecule has 2 aromatic carbocycles. The minimum atomic E-state index is -0.265. The highest BCUT2D eigenvalue weighted by Crippen LogP contribution is 2.37. The molecule has 0 unspecified atom stereocenters. The van der Waals surface area contributed by atoms with Crippen LogP contribution in [0.5, 0.6) is 17.2 Å². The summed E-state index contributed by atoms with van der Waals surface area (Å²) in [5, 5.41) is 3.88. The molecule has 1 aromatic heterocycles. The highest BCUT2D eigenvalue weighted by Gasteiger charge is 2.20. The number of carbonyl (C=O) groups excluding carboxylic acids is 1. The topological polar surface area (TPSA) is 74.0 Å². The summed E-state index contributed by atoms with van der Waals surface area (Å²) in [6, 6.07) is 14.5. The van der Waals surface area contributed by atoms with Crippen molar-refractivity contribution < 1.29 is 23.5 Å². The molecular formula is C21H22N2O5. The van der Waals surface area contributed by atoms with Gasteiger partial charge in [0.2, 0.25) is 5.75 Å². The molecule has 0 atom stereocenters. The van der Waals surface area contributed by atoms with E-state index in [9.17, 15) is 4.79 Å². The van der Waals surface area contributed by atoms with Gasteiger partial charge < -0.3 is 23.6 Å². The predicted octanol–water partition coefficient (Wildman–Crippen LogP) is 3.86. The predicted molar refractivity (Wildman–Crippen MR) is 104 cm³/mol. The van der Waals surface area contributed by atoms with E-state index in [0.717, 1.165) is 11.3 Å². The molecule has 1 heterocycles. The van der Waals surface area contributed by atoms with E-state index in [-0.39, 0.29) is 18.2 Å². The summed E-state index contributed by atoms with van der Waals surface area (Å²) in [6.07, 6.45) is 0. The number of aryl methyl sites for hydroxylation is 1. The van der Waals surface area contributed by atoms with Gasteiger partial charge in [-0.3, -0.25) is 4.79 Å². The Morgan fingerprint density at radius 2 is 1.75 bits per heavy atom. The molecule has 0 radical (unpaired) electrons. The van der Waals surface area contributed by atoms with E-state index in [4.69, 9.17) is 18.7 Å². The fraction of sp³-hybridized carbons (Fsp3) is 0.238. The van der Waals surface area contributed by atoms with Crippen molar-refractivity contribution >= 4 is 11.6 Å². The smallest absolute Gasteiger partial charge is 0.280 e. The summed E-state index contributed by atoms with van der Waals surface area (Å²) in [6.45, 7) is 2.02. The monoisotopic (exact) mass is 382 g/mol. The number of hydrogen-bond acceptors (Lipinski definition) is 6. The Balaban J connectivity index is 1.73. The zero-order valence-corrected chi connectivity index (χ0v) is 16.3. The van der Waals surface area contributed by atoms with Crippen LogP contribution in [0.15, 0.2) is 53.1 Å². The van der Waals surface area contributed by atoms with E-state index in [0.29, 0.717) is 23.0 Å². The van der Waals surface area contributed by atoms with Gasteiger partial charge in [0.25, 0.3) is 5.91 Å². The molecule has 3 rings (SSSR count). The number of amides is 1. The number of hydrogen-bond donors (Lipinski definition) is 0. The van der Waals surface area contributed by atoms with Gasteiger partial charge in [0.1, 0.15) is 6.61 Å². The molecule has 0 bridgehead atoms. The summed E-state index contributed by atoms with van der Waals surface area (Å²) in [5.41, 5.74) is 2.01. The average Bonchev–Trinajstić information content (AvgIpc) is 3.20. The maximum atomic E-state index is 12.7. The maximum Gasteiger partial charge on any atom is 0.280 e. The van der Waals surface area contributed by atoms with Crippen molar-refractivity contribution in [1.82, 2.24) is 5.16 Å². The van der Waals surface area contributed by atoms with E-state index < -0.39 is 0 Å². The van der Waals surface area contributed by atoms with Gasteiger partial charge >= 0.3 is 0 Å². The van der Waals surface area contributed by atoms with E-state index >= 15 is 0 Å². The molecule has 7 nitrogen and oxygen atoms in total. The lowest BCUT2D eigenvalue weighted by molar-refractivity contribution is 0.0984. The second kappa shape index (κ2) is 8.47. The van der Waals surface area contributed by atoms with Crippen molar-refractivity contribution in [3.63, 3.8) is 0 Å². The minimum Gasteiger partial charge on any atom is -0.493 e. The summed E-state index contributed by atoms with van der Waals surface area (Å²) < 4.78 is 21.7. The van der Waals surface area contributed by atoms with Gasteiger partial charge in [-0.15, -0.1) is 0 Å². The number of nitrogens with zero attached hydrogens (tertiary/aromatic N) is 2. The lowest BCUT2D eigenvalue weighted by Gasteiger charge is -2.17. The Hall–Kier alpha value is -3.48. The van der Waals surface area contributed by atoms with Crippen molar-refractivity contribution in [3.8, 4) is 17.2 Å². The van der Waals surface area contributed by atoms with Gasteiger partial charge in [0.05, 0.1) is 14.2 Å².